The van der Waals surface area contributed by atoms with Crippen LogP contribution in [0.3, 0.4) is 0 Å². The van der Waals surface area contributed by atoms with Crippen molar-refractivity contribution in [1.29, 1.82) is 0 Å². The van der Waals surface area contributed by atoms with Gasteiger partial charge in [0, 0.05) is 12.0 Å². The number of carbonyl (C=O) groups excluding carboxylic acids is 3. The van der Waals surface area contributed by atoms with Crippen molar-refractivity contribution in [2.45, 2.75) is 52.9 Å². The zero-order chi connectivity index (χ0) is 25.9. The highest BCUT2D eigenvalue weighted by Crippen LogP contribution is 2.22. The summed E-state index contributed by atoms with van der Waals surface area (Å²) in [4.78, 5) is 36.9. The van der Waals surface area contributed by atoms with Crippen LogP contribution in [0.25, 0.3) is 5.69 Å². The number of anilines is 1. The average Bonchev–Trinajstić information content (AvgIpc) is 3.17. The smallest absolute Gasteiger partial charge is 0.306 e. The number of ketones is 1. The molecule has 0 aliphatic carbocycles. The van der Waals surface area contributed by atoms with Gasteiger partial charge in [-0.2, -0.15) is 5.10 Å². The molecule has 1 amide bonds. The van der Waals surface area contributed by atoms with Crippen molar-refractivity contribution in [2.24, 2.45) is 0 Å². The van der Waals surface area contributed by atoms with Crippen molar-refractivity contribution in [3.8, 4) is 11.4 Å². The second-order valence-corrected chi connectivity index (χ2v) is 8.51. The van der Waals surface area contributed by atoms with E-state index in [4.69, 9.17) is 9.47 Å². The number of unbranched alkanes of at least 4 members (excludes halogenated alkanes) is 2. The number of amides is 1. The molecular weight excluding hydrogens is 458 g/mol. The minimum absolute atomic E-state index is 0.000775. The largest absolute Gasteiger partial charge is 0.494 e. The molecule has 8 heteroatoms. The third-order valence-corrected chi connectivity index (χ3v) is 5.67. The van der Waals surface area contributed by atoms with Crippen LogP contribution in [-0.2, 0) is 14.3 Å². The van der Waals surface area contributed by atoms with Gasteiger partial charge in [0.15, 0.2) is 12.4 Å². The number of ether oxygens (including phenoxy) is 2. The predicted molar refractivity (Wildman–Crippen MR) is 138 cm³/mol. The van der Waals surface area contributed by atoms with Gasteiger partial charge in [-0.3, -0.25) is 14.4 Å². The molecule has 0 spiro atoms. The Balaban J connectivity index is 1.42. The molecule has 0 saturated heterocycles. The second-order valence-electron chi connectivity index (χ2n) is 8.51. The number of benzene rings is 2. The monoisotopic (exact) mass is 491 g/mol. The number of carbonyl (C=O) groups is 3. The van der Waals surface area contributed by atoms with E-state index in [1.54, 1.807) is 35.9 Å². The van der Waals surface area contributed by atoms with Gasteiger partial charge in [0.1, 0.15) is 5.75 Å². The number of para-hydroxylation sites is 1. The summed E-state index contributed by atoms with van der Waals surface area (Å²) in [7, 11) is 0. The molecule has 0 radical (unpaired) electrons. The van der Waals surface area contributed by atoms with Gasteiger partial charge in [0.25, 0.3) is 5.91 Å². The summed E-state index contributed by atoms with van der Waals surface area (Å²) in [5, 5.41) is 7.25. The number of nitrogens with zero attached hydrogens (tertiary/aromatic N) is 2. The number of hydrogen-bond donors (Lipinski definition) is 1. The lowest BCUT2D eigenvalue weighted by atomic mass is 10.1. The minimum Gasteiger partial charge on any atom is -0.494 e. The van der Waals surface area contributed by atoms with Gasteiger partial charge in [-0.05, 0) is 56.7 Å². The van der Waals surface area contributed by atoms with Crippen LogP contribution in [0.2, 0.25) is 0 Å². The Kier molecular flexibility index (Phi) is 9.80. The van der Waals surface area contributed by atoms with Crippen molar-refractivity contribution in [1.82, 2.24) is 9.78 Å². The maximum absolute atomic E-state index is 12.4. The fourth-order valence-corrected chi connectivity index (χ4v) is 3.68. The first kappa shape index (κ1) is 26.7. The van der Waals surface area contributed by atoms with E-state index in [1.165, 1.54) is 0 Å². The molecule has 0 aliphatic heterocycles. The number of aryl methyl sites for hydroxylation is 1. The quantitative estimate of drug-likeness (QED) is 0.200. The Morgan fingerprint density at radius 1 is 0.944 bits per heavy atom. The van der Waals surface area contributed by atoms with E-state index in [9.17, 15) is 14.4 Å². The van der Waals surface area contributed by atoms with E-state index in [0.29, 0.717) is 29.3 Å². The number of aromatic nitrogens is 2. The van der Waals surface area contributed by atoms with Gasteiger partial charge >= 0.3 is 5.97 Å². The maximum atomic E-state index is 12.4. The summed E-state index contributed by atoms with van der Waals surface area (Å²) in [6.07, 6.45) is 3.13. The van der Waals surface area contributed by atoms with Crippen LogP contribution in [0.4, 0.5) is 5.69 Å². The van der Waals surface area contributed by atoms with Crippen molar-refractivity contribution < 1.29 is 23.9 Å². The molecule has 0 unspecified atom stereocenters. The van der Waals surface area contributed by atoms with E-state index in [0.717, 1.165) is 30.6 Å². The van der Waals surface area contributed by atoms with Gasteiger partial charge < -0.3 is 14.8 Å². The standard InChI is InChI=1S/C28H33N3O5/c1-4-5-9-18-35-24-14-12-22(13-15-24)25(32)16-17-27(34)36-19-26(33)29-28-20(2)30-31(21(28)3)23-10-7-6-8-11-23/h6-8,10-15H,4-5,9,16-19H2,1-3H3,(H,29,33). The van der Waals surface area contributed by atoms with E-state index < -0.39 is 18.5 Å². The molecule has 190 valence electrons. The van der Waals surface area contributed by atoms with Crippen LogP contribution in [-0.4, -0.2) is 40.7 Å². The lowest BCUT2D eigenvalue weighted by Gasteiger charge is -2.08. The first-order valence-corrected chi connectivity index (χ1v) is 12.2. The van der Waals surface area contributed by atoms with Gasteiger partial charge in [-0.25, -0.2) is 4.68 Å². The summed E-state index contributed by atoms with van der Waals surface area (Å²) < 4.78 is 12.5. The zero-order valence-corrected chi connectivity index (χ0v) is 21.1. The Morgan fingerprint density at radius 2 is 1.67 bits per heavy atom. The minimum atomic E-state index is -0.609. The van der Waals surface area contributed by atoms with Crippen LogP contribution in [0.5, 0.6) is 5.75 Å². The van der Waals surface area contributed by atoms with Crippen molar-refractivity contribution in [3.05, 3.63) is 71.5 Å². The number of esters is 1. The van der Waals surface area contributed by atoms with Crippen LogP contribution < -0.4 is 10.1 Å². The average molecular weight is 492 g/mol. The van der Waals surface area contributed by atoms with Crippen molar-refractivity contribution in [2.75, 3.05) is 18.5 Å². The van der Waals surface area contributed by atoms with Crippen molar-refractivity contribution in [3.63, 3.8) is 0 Å². The normalized spacial score (nSPS) is 10.6. The predicted octanol–water partition coefficient (Wildman–Crippen LogP) is 5.20. The molecule has 0 fully saturated rings. The van der Waals surface area contributed by atoms with Crippen LogP contribution >= 0.6 is 0 Å². The molecule has 0 atom stereocenters. The highest BCUT2D eigenvalue weighted by molar-refractivity contribution is 5.98. The van der Waals surface area contributed by atoms with Gasteiger partial charge in [-0.1, -0.05) is 38.0 Å². The Hall–Kier alpha value is -3.94. The van der Waals surface area contributed by atoms with E-state index >= 15 is 0 Å². The molecule has 0 saturated carbocycles. The molecule has 1 heterocycles. The highest BCUT2D eigenvalue weighted by Gasteiger charge is 2.17. The fourth-order valence-electron chi connectivity index (χ4n) is 3.68. The van der Waals surface area contributed by atoms with Gasteiger partial charge in [-0.15, -0.1) is 0 Å². The number of rotatable bonds is 13. The van der Waals surface area contributed by atoms with E-state index in [1.807, 2.05) is 37.3 Å². The molecule has 1 N–H and O–H groups in total. The van der Waals surface area contributed by atoms with Crippen molar-refractivity contribution >= 4 is 23.3 Å². The Labute approximate surface area is 211 Å². The van der Waals surface area contributed by atoms with Crippen LogP contribution in [0.1, 0.15) is 60.8 Å². The van der Waals surface area contributed by atoms with Crippen LogP contribution in [0, 0.1) is 13.8 Å². The van der Waals surface area contributed by atoms with Gasteiger partial charge in [0.2, 0.25) is 0 Å². The molecule has 3 rings (SSSR count). The first-order chi connectivity index (χ1) is 17.4. The molecule has 0 bridgehead atoms. The lowest BCUT2D eigenvalue weighted by Crippen LogP contribution is -2.21. The van der Waals surface area contributed by atoms with E-state index in [2.05, 4.69) is 17.3 Å². The summed E-state index contributed by atoms with van der Waals surface area (Å²) in [6, 6.07) is 16.5. The lowest BCUT2D eigenvalue weighted by molar-refractivity contribution is -0.147. The zero-order valence-electron chi connectivity index (χ0n) is 21.1. The van der Waals surface area contributed by atoms with Gasteiger partial charge in [0.05, 0.1) is 35.8 Å². The number of nitrogens with one attached hydrogen (secondary N) is 1. The molecule has 2 aromatic carbocycles. The summed E-state index contributed by atoms with van der Waals surface area (Å²) in [5.41, 5.74) is 3.37. The summed E-state index contributed by atoms with van der Waals surface area (Å²) in [6.45, 7) is 5.99. The molecule has 36 heavy (non-hydrogen) atoms. The third kappa shape index (κ3) is 7.53. The second kappa shape index (κ2) is 13.2. The SMILES string of the molecule is CCCCCOc1ccc(C(=O)CCC(=O)OCC(=O)Nc2c(C)nn(-c3ccccc3)c2C)cc1. The maximum Gasteiger partial charge on any atom is 0.306 e. The Bertz CT molecular complexity index is 1170. The molecule has 8 nitrogen and oxygen atoms in total. The topological polar surface area (TPSA) is 99.5 Å². The highest BCUT2D eigenvalue weighted by atomic mass is 16.5. The molecule has 1 aromatic heterocycles. The molecule has 0 aliphatic rings. The molecular formula is C28H33N3O5. The van der Waals surface area contributed by atoms with Crippen LogP contribution in [0.15, 0.2) is 54.6 Å². The molecule has 3 aromatic rings. The third-order valence-electron chi connectivity index (χ3n) is 5.67. The number of Topliss-reactive ketones (excluding diaryl/α,β-unsaturated/α-hetero) is 1. The number of hydrogen-bond acceptors (Lipinski definition) is 6. The summed E-state index contributed by atoms with van der Waals surface area (Å²) >= 11 is 0. The van der Waals surface area contributed by atoms with E-state index in [-0.39, 0.29) is 18.6 Å². The summed E-state index contributed by atoms with van der Waals surface area (Å²) in [5.74, 6) is -0.535. The fraction of sp³-hybridized carbons (Fsp3) is 0.357. The first-order valence-electron chi connectivity index (χ1n) is 12.2. The Morgan fingerprint density at radius 3 is 2.36 bits per heavy atom.